The summed E-state index contributed by atoms with van der Waals surface area (Å²) in [6.07, 6.45) is 3.46. The van der Waals surface area contributed by atoms with Gasteiger partial charge < -0.3 is 0 Å². The van der Waals surface area contributed by atoms with Crippen molar-refractivity contribution in [3.05, 3.63) is 46.5 Å². The van der Waals surface area contributed by atoms with Crippen molar-refractivity contribution >= 4 is 0 Å². The van der Waals surface area contributed by atoms with E-state index < -0.39 is 0 Å². The van der Waals surface area contributed by atoms with E-state index in [4.69, 9.17) is 0 Å². The smallest absolute Gasteiger partial charge is 0.264 e. The highest BCUT2D eigenvalue weighted by molar-refractivity contribution is 5.61. The summed E-state index contributed by atoms with van der Waals surface area (Å²) < 4.78 is 0. The number of aromatic amines is 1. The SMILES string of the molecule is Cc1ccncc1-c1ccc(=O)[nH]n1. The van der Waals surface area contributed by atoms with Gasteiger partial charge in [0.2, 0.25) is 0 Å². The first-order valence-electron chi connectivity index (χ1n) is 4.24. The summed E-state index contributed by atoms with van der Waals surface area (Å²) in [6, 6.07) is 5.04. The van der Waals surface area contributed by atoms with Crippen molar-refractivity contribution in [3.63, 3.8) is 0 Å². The largest absolute Gasteiger partial charge is 0.268 e. The first-order valence-corrected chi connectivity index (χ1v) is 4.24. The van der Waals surface area contributed by atoms with E-state index in [1.165, 1.54) is 6.07 Å². The Morgan fingerprint density at radius 3 is 2.79 bits per heavy atom. The third-order valence-corrected chi connectivity index (χ3v) is 1.99. The molecule has 14 heavy (non-hydrogen) atoms. The Morgan fingerprint density at radius 1 is 1.29 bits per heavy atom. The van der Waals surface area contributed by atoms with Crippen molar-refractivity contribution < 1.29 is 0 Å². The van der Waals surface area contributed by atoms with E-state index in [1.54, 1.807) is 18.5 Å². The van der Waals surface area contributed by atoms with Crippen molar-refractivity contribution in [2.75, 3.05) is 0 Å². The second kappa shape index (κ2) is 3.41. The number of hydrogen-bond donors (Lipinski definition) is 1. The Bertz CT molecular complexity index is 484. The molecule has 1 N–H and O–H groups in total. The van der Waals surface area contributed by atoms with Gasteiger partial charge in [-0.1, -0.05) is 0 Å². The van der Waals surface area contributed by atoms with Crippen LogP contribution < -0.4 is 5.56 Å². The van der Waals surface area contributed by atoms with Crippen molar-refractivity contribution in [3.8, 4) is 11.3 Å². The molecule has 70 valence electrons. The summed E-state index contributed by atoms with van der Waals surface area (Å²) in [5, 5.41) is 6.32. The third-order valence-electron chi connectivity index (χ3n) is 1.99. The first kappa shape index (κ1) is 8.62. The number of nitrogens with one attached hydrogen (secondary N) is 1. The fourth-order valence-electron chi connectivity index (χ4n) is 1.23. The predicted octanol–water partition coefficient (Wildman–Crippen LogP) is 1.14. The lowest BCUT2D eigenvalue weighted by Crippen LogP contribution is -2.05. The molecule has 0 fully saturated rings. The molecular weight excluding hydrogens is 178 g/mol. The average molecular weight is 187 g/mol. The van der Waals surface area contributed by atoms with Gasteiger partial charge in [0.15, 0.2) is 0 Å². The van der Waals surface area contributed by atoms with E-state index >= 15 is 0 Å². The second-order valence-electron chi connectivity index (χ2n) is 3.00. The number of rotatable bonds is 1. The van der Waals surface area contributed by atoms with Crippen molar-refractivity contribution in [1.82, 2.24) is 15.2 Å². The van der Waals surface area contributed by atoms with E-state index in [2.05, 4.69) is 15.2 Å². The van der Waals surface area contributed by atoms with Gasteiger partial charge in [-0.15, -0.1) is 0 Å². The molecule has 0 spiro atoms. The van der Waals surface area contributed by atoms with Crippen LogP contribution in [0.15, 0.2) is 35.4 Å². The van der Waals surface area contributed by atoms with Crippen LogP contribution in [-0.4, -0.2) is 15.2 Å². The zero-order valence-electron chi connectivity index (χ0n) is 7.69. The standard InChI is InChI=1S/C10H9N3O/c1-7-4-5-11-6-8(7)9-2-3-10(14)13-12-9/h2-6H,1H3,(H,13,14). The lowest BCUT2D eigenvalue weighted by Gasteiger charge is -2.01. The minimum absolute atomic E-state index is 0.199. The average Bonchev–Trinajstić information content (AvgIpc) is 2.20. The van der Waals surface area contributed by atoms with Crippen LogP contribution >= 0.6 is 0 Å². The molecule has 0 aliphatic rings. The van der Waals surface area contributed by atoms with Gasteiger partial charge in [0.05, 0.1) is 5.69 Å². The Morgan fingerprint density at radius 2 is 2.14 bits per heavy atom. The van der Waals surface area contributed by atoms with Crippen LogP contribution in [0.5, 0.6) is 0 Å². The molecule has 0 atom stereocenters. The minimum Gasteiger partial charge on any atom is -0.268 e. The molecule has 0 aliphatic carbocycles. The number of nitrogens with zero attached hydrogens (tertiary/aromatic N) is 2. The highest BCUT2D eigenvalue weighted by Gasteiger charge is 2.02. The van der Waals surface area contributed by atoms with Gasteiger partial charge in [0.25, 0.3) is 5.56 Å². The quantitative estimate of drug-likeness (QED) is 0.728. The van der Waals surface area contributed by atoms with Gasteiger partial charge in [-0.3, -0.25) is 9.78 Å². The minimum atomic E-state index is -0.199. The summed E-state index contributed by atoms with van der Waals surface area (Å²) in [4.78, 5) is 14.8. The van der Waals surface area contributed by atoms with E-state index in [9.17, 15) is 4.79 Å². The van der Waals surface area contributed by atoms with Crippen LogP contribution in [0.3, 0.4) is 0 Å². The molecule has 0 saturated heterocycles. The van der Waals surface area contributed by atoms with Gasteiger partial charge in [-0.05, 0) is 24.6 Å². The van der Waals surface area contributed by atoms with Gasteiger partial charge in [0.1, 0.15) is 0 Å². The predicted molar refractivity (Wildman–Crippen MR) is 52.8 cm³/mol. The lowest BCUT2D eigenvalue weighted by atomic mass is 10.1. The number of H-pyrrole nitrogens is 1. The molecule has 0 aromatic carbocycles. The van der Waals surface area contributed by atoms with Crippen molar-refractivity contribution in [1.29, 1.82) is 0 Å². The molecule has 0 bridgehead atoms. The summed E-state index contributed by atoms with van der Waals surface area (Å²) in [5.41, 5.74) is 2.55. The maximum atomic E-state index is 10.8. The van der Waals surface area contributed by atoms with Gasteiger partial charge in [-0.25, -0.2) is 5.10 Å². The topological polar surface area (TPSA) is 58.6 Å². The molecule has 2 heterocycles. The maximum Gasteiger partial charge on any atom is 0.264 e. The normalized spacial score (nSPS) is 10.1. The fraction of sp³-hybridized carbons (Fsp3) is 0.100. The van der Waals surface area contributed by atoms with Crippen molar-refractivity contribution in [2.24, 2.45) is 0 Å². The molecule has 2 rings (SSSR count). The summed E-state index contributed by atoms with van der Waals surface area (Å²) in [6.45, 7) is 1.98. The fourth-order valence-corrected chi connectivity index (χ4v) is 1.23. The van der Waals surface area contributed by atoms with Crippen LogP contribution in [-0.2, 0) is 0 Å². The van der Waals surface area contributed by atoms with Crippen LogP contribution in [0.2, 0.25) is 0 Å². The Balaban J connectivity index is 2.55. The zero-order chi connectivity index (χ0) is 9.97. The van der Waals surface area contributed by atoms with Crippen LogP contribution in [0, 0.1) is 6.92 Å². The molecular formula is C10H9N3O. The van der Waals surface area contributed by atoms with Crippen LogP contribution in [0.4, 0.5) is 0 Å². The van der Waals surface area contributed by atoms with E-state index in [-0.39, 0.29) is 5.56 Å². The Labute approximate surface area is 80.6 Å². The molecule has 4 heteroatoms. The molecule has 4 nitrogen and oxygen atoms in total. The van der Waals surface area contributed by atoms with E-state index in [1.807, 2.05) is 13.0 Å². The van der Waals surface area contributed by atoms with Crippen molar-refractivity contribution in [2.45, 2.75) is 6.92 Å². The molecule has 0 aliphatic heterocycles. The highest BCUT2D eigenvalue weighted by Crippen LogP contribution is 2.17. The number of pyridine rings is 1. The monoisotopic (exact) mass is 187 g/mol. The molecule has 0 unspecified atom stereocenters. The maximum absolute atomic E-state index is 10.8. The summed E-state index contributed by atoms with van der Waals surface area (Å²) in [7, 11) is 0. The Hall–Kier alpha value is -1.97. The third kappa shape index (κ3) is 1.54. The van der Waals surface area contributed by atoms with Gasteiger partial charge in [0, 0.05) is 24.0 Å². The molecule has 0 saturated carbocycles. The van der Waals surface area contributed by atoms with Crippen LogP contribution in [0.1, 0.15) is 5.56 Å². The van der Waals surface area contributed by atoms with Crippen LogP contribution in [0.25, 0.3) is 11.3 Å². The number of aryl methyl sites for hydroxylation is 1. The van der Waals surface area contributed by atoms with E-state index in [0.29, 0.717) is 0 Å². The Kier molecular flexibility index (Phi) is 2.10. The lowest BCUT2D eigenvalue weighted by molar-refractivity contribution is 0.992. The van der Waals surface area contributed by atoms with E-state index in [0.717, 1.165) is 16.8 Å². The van der Waals surface area contributed by atoms with Gasteiger partial charge in [-0.2, -0.15) is 5.10 Å². The number of aromatic nitrogens is 3. The number of hydrogen-bond acceptors (Lipinski definition) is 3. The second-order valence-corrected chi connectivity index (χ2v) is 3.00. The molecule has 0 amide bonds. The molecule has 2 aromatic rings. The molecule has 0 radical (unpaired) electrons. The molecule has 2 aromatic heterocycles. The highest BCUT2D eigenvalue weighted by atomic mass is 16.1. The van der Waals surface area contributed by atoms with Gasteiger partial charge >= 0.3 is 0 Å². The zero-order valence-corrected chi connectivity index (χ0v) is 7.69. The summed E-state index contributed by atoms with van der Waals surface area (Å²) >= 11 is 0. The first-order chi connectivity index (χ1) is 6.77. The summed E-state index contributed by atoms with van der Waals surface area (Å²) in [5.74, 6) is 0.